The molecule has 3 aromatic heterocycles. The Balaban J connectivity index is 1.64. The van der Waals surface area contributed by atoms with Crippen LogP contribution in [0.4, 0.5) is 5.82 Å². The summed E-state index contributed by atoms with van der Waals surface area (Å²) >= 11 is 7.06. The van der Waals surface area contributed by atoms with Crippen LogP contribution in [0.5, 0.6) is 0 Å². The molecule has 1 amide bonds. The molecule has 1 N–H and O–H groups in total. The molecule has 0 aliphatic carbocycles. The average Bonchev–Trinajstić information content (AvgIpc) is 3.18. The monoisotopic (exact) mass is 442 g/mol. The molecular formula is C20H19ClN6O2S. The van der Waals surface area contributed by atoms with Crippen LogP contribution < -0.4 is 10.9 Å². The maximum absolute atomic E-state index is 12.9. The Morgan fingerprint density at radius 3 is 2.80 bits per heavy atom. The van der Waals surface area contributed by atoms with Gasteiger partial charge in [-0.15, -0.1) is 10.2 Å². The fourth-order valence-corrected chi connectivity index (χ4v) is 3.96. The molecule has 1 aromatic carbocycles. The number of hydrogen-bond donors (Lipinski definition) is 1. The Morgan fingerprint density at radius 1 is 1.20 bits per heavy atom. The SMILES string of the molecule is CCCCn1c(=O)c2ccccc2n2c(SCC(=O)Nc3ccc(Cl)cn3)nnc12. The van der Waals surface area contributed by atoms with Crippen molar-refractivity contribution in [2.75, 3.05) is 11.1 Å². The van der Waals surface area contributed by atoms with Crippen molar-refractivity contribution >= 4 is 51.8 Å². The number of nitrogens with one attached hydrogen (secondary N) is 1. The highest BCUT2D eigenvalue weighted by molar-refractivity contribution is 7.99. The van der Waals surface area contributed by atoms with Crippen LogP contribution in [-0.2, 0) is 11.3 Å². The van der Waals surface area contributed by atoms with Crippen LogP contribution in [0, 0.1) is 0 Å². The number of halogens is 1. The molecule has 4 rings (SSSR count). The molecule has 0 fully saturated rings. The number of aryl methyl sites for hydroxylation is 1. The van der Waals surface area contributed by atoms with Crippen molar-refractivity contribution in [3.63, 3.8) is 0 Å². The van der Waals surface area contributed by atoms with Crippen molar-refractivity contribution in [2.45, 2.75) is 31.5 Å². The van der Waals surface area contributed by atoms with Crippen molar-refractivity contribution in [1.82, 2.24) is 24.1 Å². The summed E-state index contributed by atoms with van der Waals surface area (Å²) in [6.07, 6.45) is 3.29. The number of fused-ring (bicyclic) bond motifs is 3. The van der Waals surface area contributed by atoms with Crippen molar-refractivity contribution in [3.8, 4) is 0 Å². The second-order valence-corrected chi connectivity index (χ2v) is 8.02. The summed E-state index contributed by atoms with van der Waals surface area (Å²) in [5.41, 5.74) is 0.639. The van der Waals surface area contributed by atoms with E-state index in [1.807, 2.05) is 22.6 Å². The van der Waals surface area contributed by atoms with E-state index >= 15 is 0 Å². The number of para-hydroxylation sites is 1. The Hall–Kier alpha value is -2.91. The van der Waals surface area contributed by atoms with E-state index in [1.54, 1.807) is 22.8 Å². The largest absolute Gasteiger partial charge is 0.310 e. The third-order valence-electron chi connectivity index (χ3n) is 4.54. The normalized spacial score (nSPS) is 11.3. The number of thioether (sulfide) groups is 1. The average molecular weight is 443 g/mol. The highest BCUT2D eigenvalue weighted by Gasteiger charge is 2.17. The van der Waals surface area contributed by atoms with Crippen LogP contribution in [0.15, 0.2) is 52.5 Å². The fraction of sp³-hybridized carbons (Fsp3) is 0.250. The van der Waals surface area contributed by atoms with E-state index in [4.69, 9.17) is 11.6 Å². The van der Waals surface area contributed by atoms with Gasteiger partial charge in [-0.05, 0) is 30.7 Å². The quantitative estimate of drug-likeness (QED) is 0.439. The van der Waals surface area contributed by atoms with Gasteiger partial charge >= 0.3 is 0 Å². The smallest absolute Gasteiger partial charge is 0.262 e. The molecule has 0 unspecified atom stereocenters. The van der Waals surface area contributed by atoms with E-state index in [1.165, 1.54) is 18.0 Å². The number of aromatic nitrogens is 5. The molecular weight excluding hydrogens is 424 g/mol. The standard InChI is InChI=1S/C20H19ClN6O2S/c1-2-3-10-26-18(29)14-6-4-5-7-15(14)27-19(26)24-25-20(27)30-12-17(28)23-16-9-8-13(21)11-22-16/h4-9,11H,2-3,10,12H2,1H3,(H,22,23,28). The van der Waals surface area contributed by atoms with Gasteiger partial charge in [-0.3, -0.25) is 18.6 Å². The van der Waals surface area contributed by atoms with Crippen LogP contribution in [0.2, 0.25) is 5.02 Å². The number of carbonyl (C=O) groups excluding carboxylic acids is 1. The molecule has 0 saturated heterocycles. The van der Waals surface area contributed by atoms with Gasteiger partial charge in [0, 0.05) is 12.7 Å². The minimum Gasteiger partial charge on any atom is -0.310 e. The first-order valence-electron chi connectivity index (χ1n) is 9.49. The zero-order chi connectivity index (χ0) is 21.1. The lowest BCUT2D eigenvalue weighted by Crippen LogP contribution is -2.23. The summed E-state index contributed by atoms with van der Waals surface area (Å²) in [4.78, 5) is 29.3. The lowest BCUT2D eigenvalue weighted by atomic mass is 10.2. The van der Waals surface area contributed by atoms with Crippen molar-refractivity contribution in [2.24, 2.45) is 0 Å². The third-order valence-corrected chi connectivity index (χ3v) is 5.69. The summed E-state index contributed by atoms with van der Waals surface area (Å²) < 4.78 is 3.49. The molecule has 0 bridgehead atoms. The van der Waals surface area contributed by atoms with Gasteiger partial charge in [0.25, 0.3) is 5.56 Å². The second kappa shape index (κ2) is 8.85. The third kappa shape index (κ3) is 4.03. The molecule has 3 heterocycles. The molecule has 0 saturated carbocycles. The summed E-state index contributed by atoms with van der Waals surface area (Å²) in [5.74, 6) is 0.799. The molecule has 0 aliphatic rings. The van der Waals surface area contributed by atoms with Crippen LogP contribution in [0.1, 0.15) is 19.8 Å². The highest BCUT2D eigenvalue weighted by Crippen LogP contribution is 2.22. The highest BCUT2D eigenvalue weighted by atomic mass is 35.5. The predicted octanol–water partition coefficient (Wildman–Crippen LogP) is 3.62. The number of unbranched alkanes of at least 4 members (excludes halogenated alkanes) is 1. The first-order valence-corrected chi connectivity index (χ1v) is 10.9. The molecule has 0 aliphatic heterocycles. The van der Waals surface area contributed by atoms with Crippen molar-refractivity contribution in [1.29, 1.82) is 0 Å². The number of anilines is 1. The topological polar surface area (TPSA) is 94.2 Å². The zero-order valence-electron chi connectivity index (χ0n) is 16.2. The first-order chi connectivity index (χ1) is 14.6. The summed E-state index contributed by atoms with van der Waals surface area (Å²) in [5, 5.41) is 12.9. The number of rotatable bonds is 7. The minimum atomic E-state index is -0.227. The maximum Gasteiger partial charge on any atom is 0.262 e. The minimum absolute atomic E-state index is 0.0814. The number of hydrogen-bond acceptors (Lipinski definition) is 6. The van der Waals surface area contributed by atoms with Gasteiger partial charge in [0.2, 0.25) is 11.7 Å². The molecule has 154 valence electrons. The number of pyridine rings is 1. The van der Waals surface area contributed by atoms with E-state index in [0.29, 0.717) is 33.7 Å². The molecule has 30 heavy (non-hydrogen) atoms. The van der Waals surface area contributed by atoms with Gasteiger partial charge in [-0.2, -0.15) is 0 Å². The Morgan fingerprint density at radius 2 is 2.03 bits per heavy atom. The number of benzene rings is 1. The van der Waals surface area contributed by atoms with Crippen LogP contribution in [-0.4, -0.2) is 35.8 Å². The van der Waals surface area contributed by atoms with E-state index in [2.05, 4.69) is 27.4 Å². The fourth-order valence-electron chi connectivity index (χ4n) is 3.10. The summed E-state index contributed by atoms with van der Waals surface area (Å²) in [6, 6.07) is 10.7. The molecule has 4 aromatic rings. The Bertz CT molecular complexity index is 1270. The first kappa shape index (κ1) is 20.4. The van der Waals surface area contributed by atoms with Gasteiger partial charge in [0.15, 0.2) is 5.16 Å². The van der Waals surface area contributed by atoms with E-state index in [0.717, 1.165) is 18.4 Å². The van der Waals surface area contributed by atoms with E-state index in [-0.39, 0.29) is 17.2 Å². The van der Waals surface area contributed by atoms with Gasteiger partial charge in [0.05, 0.1) is 21.7 Å². The van der Waals surface area contributed by atoms with Crippen molar-refractivity contribution < 1.29 is 4.79 Å². The lowest BCUT2D eigenvalue weighted by Gasteiger charge is -2.10. The van der Waals surface area contributed by atoms with Gasteiger partial charge in [-0.1, -0.05) is 48.8 Å². The summed E-state index contributed by atoms with van der Waals surface area (Å²) in [7, 11) is 0. The number of carbonyl (C=O) groups is 1. The second-order valence-electron chi connectivity index (χ2n) is 6.64. The van der Waals surface area contributed by atoms with Gasteiger partial charge in [-0.25, -0.2) is 4.98 Å². The molecule has 0 atom stereocenters. The van der Waals surface area contributed by atoms with Crippen LogP contribution in [0.25, 0.3) is 16.7 Å². The summed E-state index contributed by atoms with van der Waals surface area (Å²) in [6.45, 7) is 2.64. The van der Waals surface area contributed by atoms with Crippen LogP contribution >= 0.6 is 23.4 Å². The van der Waals surface area contributed by atoms with E-state index in [9.17, 15) is 9.59 Å². The van der Waals surface area contributed by atoms with Gasteiger partial charge in [0.1, 0.15) is 5.82 Å². The molecule has 10 heteroatoms. The number of amides is 1. The predicted molar refractivity (Wildman–Crippen MR) is 118 cm³/mol. The lowest BCUT2D eigenvalue weighted by molar-refractivity contribution is -0.113. The molecule has 0 spiro atoms. The molecule has 0 radical (unpaired) electrons. The number of nitrogens with zero attached hydrogens (tertiary/aromatic N) is 5. The molecule has 8 nitrogen and oxygen atoms in total. The van der Waals surface area contributed by atoms with Crippen LogP contribution in [0.3, 0.4) is 0 Å². The van der Waals surface area contributed by atoms with Gasteiger partial charge < -0.3 is 5.32 Å². The van der Waals surface area contributed by atoms with E-state index < -0.39 is 0 Å². The van der Waals surface area contributed by atoms with Crippen molar-refractivity contribution in [3.05, 3.63) is 58.0 Å². The maximum atomic E-state index is 12.9. The Labute approximate surface area is 181 Å². The zero-order valence-corrected chi connectivity index (χ0v) is 17.8. The Kier molecular flexibility index (Phi) is 6.01.